The average Bonchev–Trinajstić information content (AvgIpc) is 2.38. The van der Waals surface area contributed by atoms with Crippen LogP contribution in [0.15, 0.2) is 42.5 Å². The monoisotopic (exact) mass is 242 g/mol. The molecule has 0 aliphatic rings. The van der Waals surface area contributed by atoms with E-state index < -0.39 is 0 Å². The van der Waals surface area contributed by atoms with Gasteiger partial charge in [-0.15, -0.1) is 0 Å². The summed E-state index contributed by atoms with van der Waals surface area (Å²) in [7, 11) is 5.68. The van der Waals surface area contributed by atoms with Crippen molar-refractivity contribution < 1.29 is 4.74 Å². The second-order valence-electron chi connectivity index (χ2n) is 4.40. The third-order valence-corrected chi connectivity index (χ3v) is 2.95. The third-order valence-electron chi connectivity index (χ3n) is 2.95. The molecule has 2 aromatic carbocycles. The van der Waals surface area contributed by atoms with E-state index in [1.807, 2.05) is 32.3 Å². The largest absolute Gasteiger partial charge is 0.495 e. The van der Waals surface area contributed by atoms with E-state index in [0.717, 1.165) is 11.1 Å². The molecular weight excluding hydrogens is 224 g/mol. The lowest BCUT2D eigenvalue weighted by molar-refractivity contribution is 0.417. The molecule has 0 bridgehead atoms. The second-order valence-corrected chi connectivity index (χ2v) is 4.40. The van der Waals surface area contributed by atoms with Crippen molar-refractivity contribution in [2.24, 2.45) is 0 Å². The first kappa shape index (κ1) is 12.3. The zero-order valence-electron chi connectivity index (χ0n) is 11.0. The summed E-state index contributed by atoms with van der Waals surface area (Å²) in [5, 5.41) is 0. The van der Waals surface area contributed by atoms with Gasteiger partial charge in [-0.2, -0.15) is 0 Å². The van der Waals surface area contributed by atoms with Gasteiger partial charge in [-0.25, -0.2) is 0 Å². The highest BCUT2D eigenvalue weighted by atomic mass is 16.5. The molecule has 0 aromatic heterocycles. The Labute approximate surface area is 108 Å². The first-order valence-electron chi connectivity index (χ1n) is 5.83. The van der Waals surface area contributed by atoms with Crippen LogP contribution >= 0.6 is 0 Å². The average molecular weight is 242 g/mol. The van der Waals surface area contributed by atoms with E-state index in [1.165, 1.54) is 5.69 Å². The van der Waals surface area contributed by atoms with E-state index in [1.54, 1.807) is 7.11 Å². The van der Waals surface area contributed by atoms with E-state index >= 15 is 0 Å². The fourth-order valence-corrected chi connectivity index (χ4v) is 1.87. The number of nitrogens with zero attached hydrogens (tertiary/aromatic N) is 1. The molecular formula is C15H18N2O. The number of nitrogen functional groups attached to an aromatic ring is 1. The van der Waals surface area contributed by atoms with E-state index in [9.17, 15) is 0 Å². The summed E-state index contributed by atoms with van der Waals surface area (Å²) in [4.78, 5) is 2.08. The van der Waals surface area contributed by atoms with Crippen LogP contribution in [0.2, 0.25) is 0 Å². The lowest BCUT2D eigenvalue weighted by Gasteiger charge is -2.13. The summed E-state index contributed by atoms with van der Waals surface area (Å²) in [6.45, 7) is 0. The van der Waals surface area contributed by atoms with Crippen molar-refractivity contribution >= 4 is 11.4 Å². The highest BCUT2D eigenvalue weighted by molar-refractivity contribution is 5.72. The Bertz CT molecular complexity index is 533. The van der Waals surface area contributed by atoms with Crippen LogP contribution < -0.4 is 15.4 Å². The summed E-state index contributed by atoms with van der Waals surface area (Å²) in [6, 6.07) is 14.2. The van der Waals surface area contributed by atoms with Crippen LogP contribution in [0.25, 0.3) is 11.1 Å². The second kappa shape index (κ2) is 5.00. The van der Waals surface area contributed by atoms with Crippen LogP contribution in [0.4, 0.5) is 11.4 Å². The fraction of sp³-hybridized carbons (Fsp3) is 0.200. The quantitative estimate of drug-likeness (QED) is 0.841. The van der Waals surface area contributed by atoms with E-state index in [0.29, 0.717) is 11.4 Å². The van der Waals surface area contributed by atoms with Gasteiger partial charge in [0.05, 0.1) is 12.8 Å². The maximum atomic E-state index is 5.91. The van der Waals surface area contributed by atoms with Crippen LogP contribution in [0.5, 0.6) is 5.75 Å². The minimum Gasteiger partial charge on any atom is -0.495 e. The molecule has 0 fully saturated rings. The third kappa shape index (κ3) is 2.40. The van der Waals surface area contributed by atoms with E-state index in [-0.39, 0.29) is 0 Å². The number of rotatable bonds is 3. The van der Waals surface area contributed by atoms with Gasteiger partial charge in [0.2, 0.25) is 0 Å². The molecule has 0 radical (unpaired) electrons. The van der Waals surface area contributed by atoms with Gasteiger partial charge >= 0.3 is 0 Å². The number of hydrogen-bond acceptors (Lipinski definition) is 3. The first-order valence-corrected chi connectivity index (χ1v) is 5.83. The highest BCUT2D eigenvalue weighted by Gasteiger charge is 2.03. The van der Waals surface area contributed by atoms with Crippen molar-refractivity contribution in [3.63, 3.8) is 0 Å². The number of ether oxygens (including phenoxy) is 1. The molecule has 2 aromatic rings. The molecule has 0 saturated heterocycles. The minimum absolute atomic E-state index is 0.659. The summed E-state index contributed by atoms with van der Waals surface area (Å²) < 4.78 is 5.15. The van der Waals surface area contributed by atoms with Gasteiger partial charge in [-0.1, -0.05) is 18.2 Å². The van der Waals surface area contributed by atoms with Crippen molar-refractivity contribution in [1.29, 1.82) is 0 Å². The lowest BCUT2D eigenvalue weighted by Crippen LogP contribution is -2.07. The molecule has 18 heavy (non-hydrogen) atoms. The molecule has 0 aliphatic heterocycles. The summed E-state index contributed by atoms with van der Waals surface area (Å²) in [5.41, 5.74) is 10.00. The summed E-state index contributed by atoms with van der Waals surface area (Å²) in [6.07, 6.45) is 0. The van der Waals surface area contributed by atoms with Crippen LogP contribution in [0.1, 0.15) is 0 Å². The maximum absolute atomic E-state index is 5.91. The Hall–Kier alpha value is -2.16. The smallest absolute Gasteiger partial charge is 0.141 e. The van der Waals surface area contributed by atoms with Crippen LogP contribution in [0.3, 0.4) is 0 Å². The van der Waals surface area contributed by atoms with Crippen molar-refractivity contribution in [3.8, 4) is 16.9 Å². The molecule has 2 rings (SSSR count). The van der Waals surface area contributed by atoms with Gasteiger partial charge in [0, 0.05) is 19.8 Å². The van der Waals surface area contributed by atoms with Crippen molar-refractivity contribution in [2.75, 3.05) is 31.8 Å². The Morgan fingerprint density at radius 1 is 0.944 bits per heavy atom. The maximum Gasteiger partial charge on any atom is 0.141 e. The Morgan fingerprint density at radius 2 is 1.56 bits per heavy atom. The van der Waals surface area contributed by atoms with Gasteiger partial charge in [0.25, 0.3) is 0 Å². The van der Waals surface area contributed by atoms with E-state index in [2.05, 4.69) is 29.2 Å². The van der Waals surface area contributed by atoms with E-state index in [4.69, 9.17) is 10.5 Å². The van der Waals surface area contributed by atoms with Crippen LogP contribution in [-0.4, -0.2) is 21.2 Å². The van der Waals surface area contributed by atoms with Crippen LogP contribution in [-0.2, 0) is 0 Å². The van der Waals surface area contributed by atoms with Crippen molar-refractivity contribution in [1.82, 2.24) is 0 Å². The zero-order valence-corrected chi connectivity index (χ0v) is 11.0. The van der Waals surface area contributed by atoms with Gasteiger partial charge in [0.1, 0.15) is 5.75 Å². The number of hydrogen-bond donors (Lipinski definition) is 1. The van der Waals surface area contributed by atoms with Gasteiger partial charge in [-0.3, -0.25) is 0 Å². The molecule has 0 heterocycles. The number of methoxy groups -OCH3 is 1. The standard InChI is InChI=1S/C15H18N2O/c1-17(2)13-7-4-11(5-8-13)12-6-9-15(18-3)14(16)10-12/h4-10H,16H2,1-3H3. The molecule has 2 N–H and O–H groups in total. The fourth-order valence-electron chi connectivity index (χ4n) is 1.87. The van der Waals surface area contributed by atoms with Gasteiger partial charge in [0.15, 0.2) is 0 Å². The molecule has 3 nitrogen and oxygen atoms in total. The Kier molecular flexibility index (Phi) is 3.42. The number of anilines is 2. The van der Waals surface area contributed by atoms with Crippen LogP contribution in [0, 0.1) is 0 Å². The predicted octanol–water partition coefficient (Wildman–Crippen LogP) is 3.01. The SMILES string of the molecule is COc1ccc(-c2ccc(N(C)C)cc2)cc1N. The molecule has 0 spiro atoms. The summed E-state index contributed by atoms with van der Waals surface area (Å²) in [5.74, 6) is 0.712. The van der Waals surface area contributed by atoms with Gasteiger partial charge in [-0.05, 0) is 35.4 Å². The number of nitrogens with two attached hydrogens (primary N) is 1. The molecule has 0 saturated carbocycles. The predicted molar refractivity (Wildman–Crippen MR) is 77.2 cm³/mol. The van der Waals surface area contributed by atoms with Crippen molar-refractivity contribution in [3.05, 3.63) is 42.5 Å². The number of benzene rings is 2. The molecule has 0 atom stereocenters. The molecule has 94 valence electrons. The minimum atomic E-state index is 0.659. The Balaban J connectivity index is 2.34. The Morgan fingerprint density at radius 3 is 2.06 bits per heavy atom. The lowest BCUT2D eigenvalue weighted by atomic mass is 10.0. The van der Waals surface area contributed by atoms with Gasteiger partial charge < -0.3 is 15.4 Å². The highest BCUT2D eigenvalue weighted by Crippen LogP contribution is 2.29. The first-order chi connectivity index (χ1) is 8.61. The summed E-state index contributed by atoms with van der Waals surface area (Å²) >= 11 is 0. The molecule has 0 amide bonds. The zero-order chi connectivity index (χ0) is 13.1. The normalized spacial score (nSPS) is 10.2. The molecule has 0 unspecified atom stereocenters. The van der Waals surface area contributed by atoms with Crippen molar-refractivity contribution in [2.45, 2.75) is 0 Å². The topological polar surface area (TPSA) is 38.5 Å². The molecule has 0 aliphatic carbocycles. The molecule has 3 heteroatoms.